The van der Waals surface area contributed by atoms with Gasteiger partial charge in [-0.2, -0.15) is 10.2 Å². The molecule has 1 atom stereocenters. The maximum absolute atomic E-state index is 12.2. The average molecular weight is 297 g/mol. The van der Waals surface area contributed by atoms with Gasteiger partial charge in [0.2, 0.25) is 0 Å². The van der Waals surface area contributed by atoms with E-state index in [0.29, 0.717) is 10.7 Å². The molecule has 20 heavy (non-hydrogen) atoms. The van der Waals surface area contributed by atoms with Crippen LogP contribution < -0.4 is 5.32 Å². The number of rotatable bonds is 5. The van der Waals surface area contributed by atoms with Crippen LogP contribution in [0.4, 0.5) is 0 Å². The second-order valence-electron chi connectivity index (χ2n) is 4.50. The molecule has 0 aliphatic rings. The van der Waals surface area contributed by atoms with Gasteiger partial charge < -0.3 is 5.32 Å². The average Bonchev–Trinajstić information content (AvgIpc) is 2.97. The Bertz CT molecular complexity index is 585. The third-order valence-corrected chi connectivity index (χ3v) is 3.20. The molecule has 1 N–H and O–H groups in total. The van der Waals surface area contributed by atoms with Crippen molar-refractivity contribution in [2.24, 2.45) is 7.05 Å². The molecule has 0 unspecified atom stereocenters. The van der Waals surface area contributed by atoms with Gasteiger partial charge in [-0.1, -0.05) is 18.5 Å². The zero-order chi connectivity index (χ0) is 14.7. The molecule has 0 bridgehead atoms. The molecule has 0 aliphatic heterocycles. The first-order chi connectivity index (χ1) is 9.54. The van der Waals surface area contributed by atoms with E-state index in [0.717, 1.165) is 18.8 Å². The SMILES string of the molecule is CCCn1ncnc1[C@H](C)NC(=O)c1c(Cl)cnn1C. The van der Waals surface area contributed by atoms with Gasteiger partial charge in [0.25, 0.3) is 5.91 Å². The Morgan fingerprint density at radius 2 is 2.25 bits per heavy atom. The Balaban J connectivity index is 2.13. The molecule has 2 aromatic heterocycles. The number of nitrogens with one attached hydrogen (secondary N) is 1. The lowest BCUT2D eigenvalue weighted by molar-refractivity contribution is 0.0928. The lowest BCUT2D eigenvalue weighted by Crippen LogP contribution is -2.30. The molecule has 2 heterocycles. The molecule has 0 radical (unpaired) electrons. The van der Waals surface area contributed by atoms with E-state index in [1.165, 1.54) is 17.2 Å². The molecule has 0 aliphatic carbocycles. The van der Waals surface area contributed by atoms with Crippen LogP contribution in [0.15, 0.2) is 12.5 Å². The number of amides is 1. The summed E-state index contributed by atoms with van der Waals surface area (Å²) in [6, 6.07) is -0.262. The van der Waals surface area contributed by atoms with Gasteiger partial charge in [0.15, 0.2) is 0 Å². The maximum atomic E-state index is 12.2. The lowest BCUT2D eigenvalue weighted by atomic mass is 10.3. The van der Waals surface area contributed by atoms with Crippen molar-refractivity contribution < 1.29 is 4.79 Å². The quantitative estimate of drug-likeness (QED) is 0.908. The summed E-state index contributed by atoms with van der Waals surface area (Å²) in [6.45, 7) is 4.68. The van der Waals surface area contributed by atoms with Crippen LogP contribution in [0.3, 0.4) is 0 Å². The summed E-state index contributed by atoms with van der Waals surface area (Å²) in [7, 11) is 1.67. The van der Waals surface area contributed by atoms with Gasteiger partial charge in [0.05, 0.1) is 17.3 Å². The Morgan fingerprint density at radius 1 is 1.50 bits per heavy atom. The van der Waals surface area contributed by atoms with E-state index < -0.39 is 0 Å². The number of aryl methyl sites for hydroxylation is 2. The number of carbonyl (C=O) groups excluding carboxylic acids is 1. The van der Waals surface area contributed by atoms with E-state index in [-0.39, 0.29) is 11.9 Å². The fourth-order valence-electron chi connectivity index (χ4n) is 1.99. The molecule has 2 aromatic rings. The minimum Gasteiger partial charge on any atom is -0.341 e. The van der Waals surface area contributed by atoms with Gasteiger partial charge >= 0.3 is 0 Å². The van der Waals surface area contributed by atoms with E-state index in [2.05, 4.69) is 27.4 Å². The van der Waals surface area contributed by atoms with Crippen molar-refractivity contribution in [2.45, 2.75) is 32.9 Å². The van der Waals surface area contributed by atoms with Gasteiger partial charge in [-0.05, 0) is 13.3 Å². The fourth-order valence-corrected chi connectivity index (χ4v) is 2.24. The minimum atomic E-state index is -0.284. The molecule has 0 saturated heterocycles. The van der Waals surface area contributed by atoms with E-state index in [1.807, 2.05) is 6.92 Å². The molecule has 7 nitrogen and oxygen atoms in total. The molecule has 0 aromatic carbocycles. The predicted molar refractivity (Wildman–Crippen MR) is 74.4 cm³/mol. The molecule has 108 valence electrons. The molecule has 0 fully saturated rings. The Labute approximate surface area is 121 Å². The smallest absolute Gasteiger partial charge is 0.271 e. The maximum Gasteiger partial charge on any atom is 0.271 e. The monoisotopic (exact) mass is 296 g/mol. The van der Waals surface area contributed by atoms with Crippen LogP contribution in [0.2, 0.25) is 5.02 Å². The summed E-state index contributed by atoms with van der Waals surface area (Å²) >= 11 is 5.95. The van der Waals surface area contributed by atoms with E-state index in [9.17, 15) is 4.79 Å². The Hall–Kier alpha value is -1.89. The largest absolute Gasteiger partial charge is 0.341 e. The summed E-state index contributed by atoms with van der Waals surface area (Å²) < 4.78 is 3.23. The Morgan fingerprint density at radius 3 is 2.85 bits per heavy atom. The van der Waals surface area contributed by atoms with Crippen LogP contribution in [-0.4, -0.2) is 30.5 Å². The van der Waals surface area contributed by atoms with E-state index in [4.69, 9.17) is 11.6 Å². The topological polar surface area (TPSA) is 77.6 Å². The van der Waals surface area contributed by atoms with Gasteiger partial charge in [0.1, 0.15) is 17.8 Å². The minimum absolute atomic E-state index is 0.262. The van der Waals surface area contributed by atoms with E-state index in [1.54, 1.807) is 11.7 Å². The van der Waals surface area contributed by atoms with Crippen LogP contribution in [0.25, 0.3) is 0 Å². The fraction of sp³-hybridized carbons (Fsp3) is 0.500. The van der Waals surface area contributed by atoms with Gasteiger partial charge in [-0.25, -0.2) is 9.67 Å². The summed E-state index contributed by atoms with van der Waals surface area (Å²) in [4.78, 5) is 16.4. The van der Waals surface area contributed by atoms with Crippen LogP contribution in [0.5, 0.6) is 0 Å². The van der Waals surface area contributed by atoms with Gasteiger partial charge in [0, 0.05) is 13.6 Å². The molecular weight excluding hydrogens is 280 g/mol. The molecule has 2 rings (SSSR count). The van der Waals surface area contributed by atoms with Crippen LogP contribution >= 0.6 is 11.6 Å². The summed E-state index contributed by atoms with van der Waals surface area (Å²) in [5.41, 5.74) is 0.333. The van der Waals surface area contributed by atoms with Gasteiger partial charge in [-0.15, -0.1) is 0 Å². The normalized spacial score (nSPS) is 12.4. The van der Waals surface area contributed by atoms with Crippen LogP contribution in [0.1, 0.15) is 42.6 Å². The zero-order valence-electron chi connectivity index (χ0n) is 11.7. The molecule has 0 spiro atoms. The van der Waals surface area contributed by atoms with Crippen molar-refractivity contribution in [1.82, 2.24) is 29.9 Å². The second kappa shape index (κ2) is 6.04. The number of hydrogen-bond acceptors (Lipinski definition) is 4. The van der Waals surface area contributed by atoms with Crippen molar-refractivity contribution in [3.8, 4) is 0 Å². The highest BCUT2D eigenvalue weighted by Gasteiger charge is 2.20. The first-order valence-electron chi connectivity index (χ1n) is 6.40. The van der Waals surface area contributed by atoms with Crippen molar-refractivity contribution in [1.29, 1.82) is 0 Å². The van der Waals surface area contributed by atoms with Gasteiger partial charge in [-0.3, -0.25) is 9.48 Å². The number of nitrogens with zero attached hydrogens (tertiary/aromatic N) is 5. The van der Waals surface area contributed by atoms with Crippen molar-refractivity contribution in [2.75, 3.05) is 0 Å². The first-order valence-corrected chi connectivity index (χ1v) is 6.78. The molecule has 8 heteroatoms. The highest BCUT2D eigenvalue weighted by Crippen LogP contribution is 2.16. The van der Waals surface area contributed by atoms with Crippen LogP contribution in [-0.2, 0) is 13.6 Å². The number of hydrogen-bond donors (Lipinski definition) is 1. The zero-order valence-corrected chi connectivity index (χ0v) is 12.4. The highest BCUT2D eigenvalue weighted by molar-refractivity contribution is 6.33. The number of carbonyl (C=O) groups is 1. The standard InChI is InChI=1S/C12H17ClN6O/c1-4-5-19-11(14-7-16-19)8(2)17-12(20)10-9(13)6-15-18(10)3/h6-8H,4-5H2,1-3H3,(H,17,20)/t8-/m0/s1. The molecular formula is C12H17ClN6O. The van der Waals surface area contributed by atoms with Crippen LogP contribution in [0, 0.1) is 0 Å². The van der Waals surface area contributed by atoms with Crippen molar-refractivity contribution >= 4 is 17.5 Å². The summed E-state index contributed by atoms with van der Waals surface area (Å²) in [5, 5.41) is 11.3. The second-order valence-corrected chi connectivity index (χ2v) is 4.91. The third kappa shape index (κ3) is 2.82. The van der Waals surface area contributed by atoms with Crippen molar-refractivity contribution in [3.63, 3.8) is 0 Å². The summed E-state index contributed by atoms with van der Waals surface area (Å²) in [5.74, 6) is 0.437. The lowest BCUT2D eigenvalue weighted by Gasteiger charge is -2.14. The molecule has 1 amide bonds. The van der Waals surface area contributed by atoms with Crippen molar-refractivity contribution in [3.05, 3.63) is 29.1 Å². The number of halogens is 1. The predicted octanol–water partition coefficient (Wildman–Crippen LogP) is 1.57. The summed E-state index contributed by atoms with van der Waals surface area (Å²) in [6.07, 6.45) is 3.88. The molecule has 0 saturated carbocycles. The third-order valence-electron chi connectivity index (χ3n) is 2.92. The number of aromatic nitrogens is 5. The first kappa shape index (κ1) is 14.5. The Kier molecular flexibility index (Phi) is 4.39. The van der Waals surface area contributed by atoms with E-state index >= 15 is 0 Å². The highest BCUT2D eigenvalue weighted by atomic mass is 35.5.